The number of nitrogens with two attached hydrogens (primary N) is 1. The van der Waals surface area contributed by atoms with Crippen molar-refractivity contribution in [3.05, 3.63) is 24.3 Å². The summed E-state index contributed by atoms with van der Waals surface area (Å²) in [7, 11) is 0. The third-order valence-corrected chi connectivity index (χ3v) is 2.43. The van der Waals surface area contributed by atoms with Gasteiger partial charge >= 0.3 is 0 Å². The molecule has 6 heteroatoms. The summed E-state index contributed by atoms with van der Waals surface area (Å²) in [6.07, 6.45) is 3.58. The number of rotatable bonds is 2. The van der Waals surface area contributed by atoms with E-state index in [1.165, 1.54) is 0 Å². The van der Waals surface area contributed by atoms with Gasteiger partial charge in [-0.1, -0.05) is 0 Å². The smallest absolute Gasteiger partial charge is 0.225 e. The van der Waals surface area contributed by atoms with Crippen molar-refractivity contribution in [2.45, 2.75) is 6.42 Å². The highest BCUT2D eigenvalue weighted by atomic mass is 16.1. The van der Waals surface area contributed by atoms with Crippen molar-refractivity contribution < 1.29 is 4.79 Å². The molecule has 16 heavy (non-hydrogen) atoms. The highest BCUT2D eigenvalue weighted by molar-refractivity contribution is 6.00. The van der Waals surface area contributed by atoms with Crippen molar-refractivity contribution in [3.63, 3.8) is 0 Å². The lowest BCUT2D eigenvalue weighted by Gasteiger charge is -1.89. The first kappa shape index (κ1) is 8.90. The predicted molar refractivity (Wildman–Crippen MR) is 58.6 cm³/mol. The number of aromatic nitrogens is 4. The minimum absolute atomic E-state index is 0.112. The van der Waals surface area contributed by atoms with Crippen molar-refractivity contribution in [2.75, 3.05) is 0 Å². The Morgan fingerprint density at radius 3 is 3.19 bits per heavy atom. The summed E-state index contributed by atoms with van der Waals surface area (Å²) in [5, 5.41) is 0.959. The Morgan fingerprint density at radius 1 is 1.50 bits per heavy atom. The fourth-order valence-corrected chi connectivity index (χ4v) is 1.78. The number of aromatic amines is 2. The Kier molecular flexibility index (Phi) is 1.70. The summed E-state index contributed by atoms with van der Waals surface area (Å²) in [6, 6.07) is 1.91. The topological polar surface area (TPSA) is 100 Å². The molecule has 0 fully saturated rings. The number of carbonyl (C=O) groups excluding carboxylic acids is 1. The fraction of sp³-hybridized carbons (Fsp3) is 0.100. The largest absolute Gasteiger partial charge is 0.369 e. The third-order valence-electron chi connectivity index (χ3n) is 2.43. The number of nitrogens with one attached hydrogen (secondary N) is 2. The Morgan fingerprint density at radius 2 is 2.38 bits per heavy atom. The van der Waals surface area contributed by atoms with E-state index in [4.69, 9.17) is 5.73 Å². The Labute approximate surface area is 89.9 Å². The summed E-state index contributed by atoms with van der Waals surface area (Å²) < 4.78 is 0. The van der Waals surface area contributed by atoms with E-state index in [0.717, 1.165) is 22.1 Å². The summed E-state index contributed by atoms with van der Waals surface area (Å²) in [5.74, 6) is 0.162. The zero-order valence-electron chi connectivity index (χ0n) is 8.32. The van der Waals surface area contributed by atoms with Crippen molar-refractivity contribution in [3.8, 4) is 0 Å². The molecule has 0 saturated carbocycles. The van der Waals surface area contributed by atoms with Crippen molar-refractivity contribution in [1.82, 2.24) is 19.9 Å². The maximum absolute atomic E-state index is 10.8. The monoisotopic (exact) mass is 215 g/mol. The van der Waals surface area contributed by atoms with Crippen LogP contribution in [0.2, 0.25) is 0 Å². The van der Waals surface area contributed by atoms with Gasteiger partial charge in [0, 0.05) is 11.6 Å². The molecule has 80 valence electrons. The number of hydrogen-bond acceptors (Lipinski definition) is 3. The number of pyridine rings is 1. The van der Waals surface area contributed by atoms with Crippen LogP contribution in [0.5, 0.6) is 0 Å². The van der Waals surface area contributed by atoms with E-state index in [0.29, 0.717) is 5.82 Å². The number of nitrogens with zero attached hydrogens (tertiary/aromatic N) is 2. The number of imidazole rings is 1. The molecule has 0 bridgehead atoms. The van der Waals surface area contributed by atoms with E-state index in [2.05, 4.69) is 19.9 Å². The van der Waals surface area contributed by atoms with Crippen molar-refractivity contribution >= 4 is 28.0 Å². The standard InChI is InChI=1S/C10H9N5O/c11-7(16)3-8-14-6-4-13-10-5(1-2-12-10)9(6)15-8/h1-2,4H,3H2,(H2,11,16)(H,12,13)(H,14,15). The van der Waals surface area contributed by atoms with Crippen LogP contribution in [0.25, 0.3) is 22.1 Å². The van der Waals surface area contributed by atoms with Gasteiger partial charge in [-0.2, -0.15) is 0 Å². The van der Waals surface area contributed by atoms with Crippen LogP contribution in [0.4, 0.5) is 0 Å². The van der Waals surface area contributed by atoms with Crippen molar-refractivity contribution in [2.24, 2.45) is 5.73 Å². The maximum Gasteiger partial charge on any atom is 0.225 e. The average Bonchev–Trinajstić information content (AvgIpc) is 2.78. The molecule has 3 rings (SSSR count). The van der Waals surface area contributed by atoms with Crippen LogP contribution in [-0.2, 0) is 11.2 Å². The van der Waals surface area contributed by atoms with Gasteiger partial charge in [-0.25, -0.2) is 9.97 Å². The SMILES string of the molecule is NC(=O)Cc1nc2cnc3[nH]ccc3c2[nH]1. The van der Waals surface area contributed by atoms with Gasteiger partial charge in [0.05, 0.1) is 18.1 Å². The van der Waals surface area contributed by atoms with E-state index in [1.807, 2.05) is 12.3 Å². The molecule has 0 unspecified atom stereocenters. The van der Waals surface area contributed by atoms with Crippen LogP contribution in [-0.4, -0.2) is 25.8 Å². The number of carbonyl (C=O) groups is 1. The van der Waals surface area contributed by atoms with E-state index < -0.39 is 5.91 Å². The van der Waals surface area contributed by atoms with Crippen molar-refractivity contribution in [1.29, 1.82) is 0 Å². The second-order valence-electron chi connectivity index (χ2n) is 3.58. The highest BCUT2D eigenvalue weighted by Gasteiger charge is 2.09. The number of hydrogen-bond donors (Lipinski definition) is 3. The molecule has 0 aliphatic carbocycles. The second kappa shape index (κ2) is 3.06. The molecule has 6 nitrogen and oxygen atoms in total. The van der Waals surface area contributed by atoms with Crippen LogP contribution in [0.3, 0.4) is 0 Å². The lowest BCUT2D eigenvalue weighted by Crippen LogP contribution is -2.14. The van der Waals surface area contributed by atoms with Crippen LogP contribution in [0.15, 0.2) is 18.5 Å². The highest BCUT2D eigenvalue weighted by Crippen LogP contribution is 2.20. The molecule has 4 N–H and O–H groups in total. The first-order valence-corrected chi connectivity index (χ1v) is 4.83. The minimum atomic E-state index is -0.405. The predicted octanol–water partition coefficient (Wildman–Crippen LogP) is 0.467. The van der Waals surface area contributed by atoms with E-state index in [1.54, 1.807) is 6.20 Å². The summed E-state index contributed by atoms with van der Waals surface area (Å²) in [4.78, 5) is 25.4. The molecular weight excluding hydrogens is 206 g/mol. The molecule has 0 saturated heterocycles. The van der Waals surface area contributed by atoms with E-state index in [-0.39, 0.29) is 6.42 Å². The van der Waals surface area contributed by atoms with Gasteiger partial charge in [-0.3, -0.25) is 4.79 Å². The summed E-state index contributed by atoms with van der Waals surface area (Å²) in [6.45, 7) is 0. The Bertz CT molecular complexity index is 681. The van der Waals surface area contributed by atoms with Gasteiger partial charge in [-0.15, -0.1) is 0 Å². The molecule has 0 radical (unpaired) electrons. The van der Waals surface area contributed by atoms with Gasteiger partial charge in [0.15, 0.2) is 0 Å². The summed E-state index contributed by atoms with van der Waals surface area (Å²) >= 11 is 0. The zero-order valence-corrected chi connectivity index (χ0v) is 8.32. The molecule has 3 aromatic heterocycles. The van der Waals surface area contributed by atoms with Crippen LogP contribution in [0.1, 0.15) is 5.82 Å². The Hall–Kier alpha value is -2.37. The minimum Gasteiger partial charge on any atom is -0.369 e. The van der Waals surface area contributed by atoms with E-state index >= 15 is 0 Å². The van der Waals surface area contributed by atoms with Crippen LogP contribution >= 0.6 is 0 Å². The molecular formula is C10H9N5O. The fourth-order valence-electron chi connectivity index (χ4n) is 1.78. The molecule has 0 aromatic carbocycles. The van der Waals surface area contributed by atoms with Gasteiger partial charge in [0.2, 0.25) is 5.91 Å². The summed E-state index contributed by atoms with van der Waals surface area (Å²) in [5.41, 5.74) is 7.53. The quantitative estimate of drug-likeness (QED) is 0.579. The molecule has 0 aliphatic rings. The number of fused-ring (bicyclic) bond motifs is 3. The molecule has 3 aromatic rings. The van der Waals surface area contributed by atoms with Crippen LogP contribution < -0.4 is 5.73 Å². The second-order valence-corrected chi connectivity index (χ2v) is 3.58. The number of amides is 1. The first-order chi connectivity index (χ1) is 7.74. The third kappa shape index (κ3) is 1.23. The van der Waals surface area contributed by atoms with Crippen LogP contribution in [0, 0.1) is 0 Å². The van der Waals surface area contributed by atoms with E-state index in [9.17, 15) is 4.79 Å². The molecule has 0 spiro atoms. The number of primary amides is 1. The van der Waals surface area contributed by atoms with Gasteiger partial charge < -0.3 is 15.7 Å². The lowest BCUT2D eigenvalue weighted by molar-refractivity contribution is -0.117. The van der Waals surface area contributed by atoms with Gasteiger partial charge in [0.25, 0.3) is 0 Å². The molecule has 1 amide bonds. The Balaban J connectivity index is 2.26. The molecule has 3 heterocycles. The lowest BCUT2D eigenvalue weighted by atomic mass is 10.3. The number of H-pyrrole nitrogens is 2. The maximum atomic E-state index is 10.8. The zero-order chi connectivity index (χ0) is 11.1. The molecule has 0 aliphatic heterocycles. The molecule has 0 atom stereocenters. The first-order valence-electron chi connectivity index (χ1n) is 4.83. The average molecular weight is 215 g/mol. The van der Waals surface area contributed by atoms with Gasteiger partial charge in [-0.05, 0) is 6.07 Å². The normalized spacial score (nSPS) is 11.2. The van der Waals surface area contributed by atoms with Gasteiger partial charge in [0.1, 0.15) is 17.0 Å².